The number of aryl methyl sites for hydroxylation is 1. The van der Waals surface area contributed by atoms with E-state index in [1.807, 2.05) is 0 Å². The van der Waals surface area contributed by atoms with Gasteiger partial charge in [-0.05, 0) is 163 Å². The van der Waals surface area contributed by atoms with Crippen LogP contribution in [-0.2, 0) is 0 Å². The molecule has 0 saturated carbocycles. The molecule has 0 atom stereocenters. The van der Waals surface area contributed by atoms with Gasteiger partial charge in [0.1, 0.15) is 0 Å². The lowest BCUT2D eigenvalue weighted by atomic mass is 9.89. The highest BCUT2D eigenvalue weighted by molar-refractivity contribution is 6.34. The van der Waals surface area contributed by atoms with E-state index in [1.54, 1.807) is 0 Å². The number of fused-ring (bicyclic) bond motifs is 11. The molecule has 0 fully saturated rings. The molecule has 0 bridgehead atoms. The molecule has 0 amide bonds. The van der Waals surface area contributed by atoms with E-state index in [2.05, 4.69) is 134 Å². The van der Waals surface area contributed by atoms with Gasteiger partial charge in [0.05, 0.1) is 0 Å². The van der Waals surface area contributed by atoms with Crippen molar-refractivity contribution in [2.24, 2.45) is 0 Å². The van der Waals surface area contributed by atoms with Crippen molar-refractivity contribution in [2.75, 3.05) is 0 Å². The molecule has 1 aliphatic carbocycles. The van der Waals surface area contributed by atoms with Crippen molar-refractivity contribution in [1.82, 2.24) is 0 Å². The van der Waals surface area contributed by atoms with Crippen LogP contribution in [0.15, 0.2) is 127 Å². The fraction of sp³-hybridized carbons (Fsp3) is 0.0233. The van der Waals surface area contributed by atoms with Crippen LogP contribution in [-0.4, -0.2) is 0 Å². The molecule has 196 valence electrons. The first kappa shape index (κ1) is 22.2. The highest BCUT2D eigenvalue weighted by atomic mass is 14.3. The SMILES string of the molecule is Cc1cc2c3c(cc4cccc5ccc1c3c54)-c1cc3cc4c(cc3cc1-2)c1ccccc1c1cc2ccccc2cc14. The second-order valence-electron chi connectivity index (χ2n) is 12.5. The highest BCUT2D eigenvalue weighted by Gasteiger charge is 2.26. The minimum atomic E-state index is 1.29. The van der Waals surface area contributed by atoms with Crippen LogP contribution < -0.4 is 0 Å². The lowest BCUT2D eigenvalue weighted by Gasteiger charge is -2.14. The van der Waals surface area contributed by atoms with E-state index in [0.29, 0.717) is 0 Å². The minimum Gasteiger partial charge on any atom is -0.0616 e. The van der Waals surface area contributed by atoms with Gasteiger partial charge in [-0.15, -0.1) is 0 Å². The summed E-state index contributed by atoms with van der Waals surface area (Å²) in [4.78, 5) is 0. The normalized spacial score (nSPS) is 12.8. The van der Waals surface area contributed by atoms with Crippen LogP contribution in [0.3, 0.4) is 0 Å². The molecule has 11 rings (SSSR count). The third kappa shape index (κ3) is 2.68. The predicted molar refractivity (Wildman–Crippen MR) is 187 cm³/mol. The van der Waals surface area contributed by atoms with Crippen LogP contribution >= 0.6 is 0 Å². The summed E-state index contributed by atoms with van der Waals surface area (Å²) in [5.74, 6) is 0. The van der Waals surface area contributed by atoms with Gasteiger partial charge in [0, 0.05) is 0 Å². The minimum absolute atomic E-state index is 1.29. The maximum Gasteiger partial charge on any atom is -0.00116 e. The van der Waals surface area contributed by atoms with Gasteiger partial charge >= 0.3 is 0 Å². The number of rotatable bonds is 0. The van der Waals surface area contributed by atoms with Crippen molar-refractivity contribution < 1.29 is 0 Å². The fourth-order valence-electron chi connectivity index (χ4n) is 8.43. The van der Waals surface area contributed by atoms with Crippen LogP contribution in [0.25, 0.3) is 108 Å². The zero-order valence-electron chi connectivity index (χ0n) is 23.6. The lowest BCUT2D eigenvalue weighted by Crippen LogP contribution is -1.87. The topological polar surface area (TPSA) is 0 Å². The Bertz CT molecular complexity index is 2890. The summed E-state index contributed by atoms with van der Waals surface area (Å²) in [7, 11) is 0. The molecular weight excluding hydrogens is 516 g/mol. The first-order valence-electron chi connectivity index (χ1n) is 15.2. The molecule has 0 nitrogen and oxygen atoms in total. The second kappa shape index (κ2) is 7.48. The van der Waals surface area contributed by atoms with E-state index in [4.69, 9.17) is 0 Å². The Labute approximate surface area is 247 Å². The van der Waals surface area contributed by atoms with Crippen LogP contribution in [0, 0.1) is 6.92 Å². The molecule has 43 heavy (non-hydrogen) atoms. The predicted octanol–water partition coefficient (Wildman–Crippen LogP) is 12.3. The quantitative estimate of drug-likeness (QED) is 0.133. The molecule has 0 radical (unpaired) electrons. The van der Waals surface area contributed by atoms with Gasteiger partial charge in [0.25, 0.3) is 0 Å². The third-order valence-electron chi connectivity index (χ3n) is 10.3. The van der Waals surface area contributed by atoms with E-state index in [1.165, 1.54) is 114 Å². The van der Waals surface area contributed by atoms with Gasteiger partial charge in [0.2, 0.25) is 0 Å². The molecular formula is C43H24. The van der Waals surface area contributed by atoms with Crippen molar-refractivity contribution in [2.45, 2.75) is 6.92 Å². The number of benzene rings is 10. The highest BCUT2D eigenvalue weighted by Crippen LogP contribution is 2.53. The van der Waals surface area contributed by atoms with Gasteiger partial charge in [-0.3, -0.25) is 0 Å². The monoisotopic (exact) mass is 540 g/mol. The largest absolute Gasteiger partial charge is 0.0616 e. The van der Waals surface area contributed by atoms with E-state index in [9.17, 15) is 0 Å². The maximum atomic E-state index is 2.47. The first-order chi connectivity index (χ1) is 21.2. The molecule has 0 heterocycles. The van der Waals surface area contributed by atoms with Crippen LogP contribution in [0.2, 0.25) is 0 Å². The van der Waals surface area contributed by atoms with E-state index in [-0.39, 0.29) is 0 Å². The van der Waals surface area contributed by atoms with Crippen LogP contribution in [0.5, 0.6) is 0 Å². The summed E-state index contributed by atoms with van der Waals surface area (Å²) < 4.78 is 0. The summed E-state index contributed by atoms with van der Waals surface area (Å²) in [6, 6.07) is 48.5. The van der Waals surface area contributed by atoms with Crippen molar-refractivity contribution in [1.29, 1.82) is 0 Å². The average molecular weight is 541 g/mol. The molecule has 10 aromatic carbocycles. The zero-order valence-corrected chi connectivity index (χ0v) is 23.6. The molecule has 0 aliphatic heterocycles. The summed E-state index contributed by atoms with van der Waals surface area (Å²) >= 11 is 0. The number of hydrogen-bond donors (Lipinski definition) is 0. The number of hydrogen-bond acceptors (Lipinski definition) is 0. The van der Waals surface area contributed by atoms with Gasteiger partial charge in [-0.25, -0.2) is 0 Å². The van der Waals surface area contributed by atoms with E-state index in [0.717, 1.165) is 0 Å². The zero-order chi connectivity index (χ0) is 28.0. The standard InChI is InChI=1S/C43H24/c1-23-15-39-37-21-28-19-34-32-12-5-4-11-31(32)33-16-25-7-2-3-8-26(25)17-35(33)36(34)20-29(28)22-38(37)40-18-27-10-6-9-24-13-14-30(23)43(41(24)27)42(39)40/h2-22H,1H3. The van der Waals surface area contributed by atoms with Crippen molar-refractivity contribution in [3.8, 4) is 22.3 Å². The molecule has 1 aliphatic rings. The van der Waals surface area contributed by atoms with Gasteiger partial charge in [-0.1, -0.05) is 84.9 Å². The molecule has 0 N–H and O–H groups in total. The van der Waals surface area contributed by atoms with Crippen LogP contribution in [0.1, 0.15) is 5.56 Å². The van der Waals surface area contributed by atoms with E-state index < -0.39 is 0 Å². The third-order valence-corrected chi connectivity index (χ3v) is 10.3. The van der Waals surface area contributed by atoms with Gasteiger partial charge in [-0.2, -0.15) is 0 Å². The maximum absolute atomic E-state index is 2.47. The summed E-state index contributed by atoms with van der Waals surface area (Å²) in [6.07, 6.45) is 0. The molecule has 10 aromatic rings. The Balaban J connectivity index is 1.31. The van der Waals surface area contributed by atoms with Gasteiger partial charge < -0.3 is 0 Å². The second-order valence-corrected chi connectivity index (χ2v) is 12.5. The molecule has 0 spiro atoms. The lowest BCUT2D eigenvalue weighted by molar-refractivity contribution is 1.55. The Morgan fingerprint density at radius 3 is 1.47 bits per heavy atom. The summed E-state index contributed by atoms with van der Waals surface area (Å²) in [5.41, 5.74) is 6.82. The molecule has 0 aromatic heterocycles. The smallest absolute Gasteiger partial charge is 0.00116 e. The summed E-state index contributed by atoms with van der Waals surface area (Å²) in [5, 5.41) is 21.4. The molecule has 0 saturated heterocycles. The van der Waals surface area contributed by atoms with E-state index >= 15 is 0 Å². The fourth-order valence-corrected chi connectivity index (χ4v) is 8.43. The average Bonchev–Trinajstić information content (AvgIpc) is 3.34. The Morgan fingerprint density at radius 1 is 0.279 bits per heavy atom. The summed E-state index contributed by atoms with van der Waals surface area (Å²) in [6.45, 7) is 2.27. The Hall–Kier alpha value is -5.46. The van der Waals surface area contributed by atoms with Crippen LogP contribution in [0.4, 0.5) is 0 Å². The van der Waals surface area contributed by atoms with Crippen molar-refractivity contribution >= 4 is 86.2 Å². The Morgan fingerprint density at radius 2 is 0.791 bits per heavy atom. The molecule has 0 heteroatoms. The van der Waals surface area contributed by atoms with Crippen molar-refractivity contribution in [3.63, 3.8) is 0 Å². The Kier molecular flexibility index (Phi) is 3.86. The molecule has 0 unspecified atom stereocenters. The first-order valence-corrected chi connectivity index (χ1v) is 15.2. The van der Waals surface area contributed by atoms with Gasteiger partial charge in [0.15, 0.2) is 0 Å². The van der Waals surface area contributed by atoms with Crippen molar-refractivity contribution in [3.05, 3.63) is 133 Å².